The van der Waals surface area contributed by atoms with E-state index in [4.69, 9.17) is 4.74 Å². The predicted molar refractivity (Wildman–Crippen MR) is 71.3 cm³/mol. The summed E-state index contributed by atoms with van der Waals surface area (Å²) in [5, 5.41) is 0. The highest BCUT2D eigenvalue weighted by Crippen LogP contribution is 2.26. The summed E-state index contributed by atoms with van der Waals surface area (Å²) in [4.78, 5) is 16.1. The molecule has 4 heteroatoms. The predicted octanol–water partition coefficient (Wildman–Crippen LogP) is 3.00. The number of likely N-dealkylation sites (N-methyl/N-ethyl adjacent to an activating group) is 1. The van der Waals surface area contributed by atoms with E-state index in [1.165, 1.54) is 9.75 Å². The minimum Gasteiger partial charge on any atom is -0.369 e. The van der Waals surface area contributed by atoms with E-state index in [0.29, 0.717) is 0 Å². The van der Waals surface area contributed by atoms with Gasteiger partial charge in [0.25, 0.3) is 0 Å². The van der Waals surface area contributed by atoms with Crippen LogP contribution in [-0.2, 0) is 9.53 Å². The molecule has 0 N–H and O–H groups in total. The van der Waals surface area contributed by atoms with E-state index in [0.717, 1.165) is 0 Å². The lowest BCUT2D eigenvalue weighted by atomic mass is 10.2. The van der Waals surface area contributed by atoms with Crippen molar-refractivity contribution in [2.75, 3.05) is 13.7 Å². The number of amides is 1. The van der Waals surface area contributed by atoms with Gasteiger partial charge in [0.15, 0.2) is 0 Å². The maximum absolute atomic E-state index is 11.9. The van der Waals surface area contributed by atoms with Crippen molar-refractivity contribution in [1.29, 1.82) is 0 Å². The summed E-state index contributed by atoms with van der Waals surface area (Å²) in [6.07, 6.45) is 0.0895. The molecule has 0 bridgehead atoms. The lowest BCUT2D eigenvalue weighted by Crippen LogP contribution is -2.33. The van der Waals surface area contributed by atoms with Gasteiger partial charge in [0.1, 0.15) is 6.61 Å². The molecule has 3 nitrogen and oxygen atoms in total. The molecule has 0 aliphatic heterocycles. The number of carbonyl (C=O) groups excluding carboxylic acids is 1. The van der Waals surface area contributed by atoms with Crippen LogP contribution < -0.4 is 0 Å². The minimum absolute atomic E-state index is 0.0252. The molecule has 17 heavy (non-hydrogen) atoms. The zero-order chi connectivity index (χ0) is 13.0. The van der Waals surface area contributed by atoms with E-state index < -0.39 is 0 Å². The molecule has 0 spiro atoms. The third-order valence-corrected chi connectivity index (χ3v) is 3.86. The fourth-order valence-corrected chi connectivity index (χ4v) is 2.40. The van der Waals surface area contributed by atoms with Crippen LogP contribution in [-0.4, -0.2) is 30.6 Å². The van der Waals surface area contributed by atoms with Gasteiger partial charge in [-0.3, -0.25) is 4.79 Å². The van der Waals surface area contributed by atoms with Crippen molar-refractivity contribution in [3.8, 4) is 0 Å². The summed E-state index contributed by atoms with van der Waals surface area (Å²) in [5.41, 5.74) is 0. The Bertz CT molecular complexity index is 373. The Hall–Kier alpha value is -0.870. The fourth-order valence-electron chi connectivity index (χ4n) is 1.42. The molecular formula is C13H21NO2S. The van der Waals surface area contributed by atoms with Crippen LogP contribution in [0.3, 0.4) is 0 Å². The number of hydrogen-bond acceptors (Lipinski definition) is 3. The quantitative estimate of drug-likeness (QED) is 0.809. The summed E-state index contributed by atoms with van der Waals surface area (Å²) < 4.78 is 5.33. The molecule has 1 rings (SSSR count). The molecule has 0 saturated carbocycles. The molecular weight excluding hydrogens is 234 g/mol. The van der Waals surface area contributed by atoms with Gasteiger partial charge in [0.05, 0.1) is 12.1 Å². The van der Waals surface area contributed by atoms with Gasteiger partial charge in [-0.05, 0) is 39.8 Å². The summed E-state index contributed by atoms with van der Waals surface area (Å²) in [5.74, 6) is 0.0252. The number of carbonyl (C=O) groups is 1. The summed E-state index contributed by atoms with van der Waals surface area (Å²) in [7, 11) is 1.83. The van der Waals surface area contributed by atoms with Gasteiger partial charge in [-0.2, -0.15) is 0 Å². The second-order valence-corrected chi connectivity index (χ2v) is 5.81. The van der Waals surface area contributed by atoms with Crippen molar-refractivity contribution in [2.24, 2.45) is 0 Å². The van der Waals surface area contributed by atoms with Crippen LogP contribution in [0.5, 0.6) is 0 Å². The highest BCUT2D eigenvalue weighted by Gasteiger charge is 2.18. The topological polar surface area (TPSA) is 29.5 Å². The maximum atomic E-state index is 11.9. The molecule has 0 fully saturated rings. The van der Waals surface area contributed by atoms with E-state index in [1.54, 1.807) is 16.2 Å². The smallest absolute Gasteiger partial charge is 0.248 e. The number of thiophene rings is 1. The molecule has 0 aromatic carbocycles. The standard InChI is InChI=1S/C13H21NO2S/c1-9(2)16-8-13(15)14(5)11(4)12-7-6-10(3)17-12/h6-7,9,11H,8H2,1-5H3. The zero-order valence-electron chi connectivity index (χ0n) is 11.2. The molecule has 1 atom stereocenters. The van der Waals surface area contributed by atoms with Gasteiger partial charge in [0.2, 0.25) is 5.91 Å². The molecule has 0 saturated heterocycles. The number of nitrogens with zero attached hydrogens (tertiary/aromatic N) is 1. The van der Waals surface area contributed by atoms with Crippen LogP contribution in [0.1, 0.15) is 36.6 Å². The Morgan fingerprint density at radius 2 is 2.06 bits per heavy atom. The van der Waals surface area contributed by atoms with Crippen molar-refractivity contribution >= 4 is 17.2 Å². The molecule has 96 valence electrons. The van der Waals surface area contributed by atoms with Crippen LogP contribution in [0.2, 0.25) is 0 Å². The van der Waals surface area contributed by atoms with E-state index in [-0.39, 0.29) is 24.7 Å². The molecule has 0 aliphatic rings. The largest absolute Gasteiger partial charge is 0.369 e. The van der Waals surface area contributed by atoms with Crippen LogP contribution in [0, 0.1) is 6.92 Å². The average Bonchev–Trinajstić information content (AvgIpc) is 2.70. The number of rotatable bonds is 5. The summed E-state index contributed by atoms with van der Waals surface area (Å²) in [6, 6.07) is 4.27. The Morgan fingerprint density at radius 1 is 1.41 bits per heavy atom. The van der Waals surface area contributed by atoms with Crippen molar-refractivity contribution in [3.05, 3.63) is 21.9 Å². The molecule has 1 unspecified atom stereocenters. The first-order valence-electron chi connectivity index (χ1n) is 5.85. The lowest BCUT2D eigenvalue weighted by Gasteiger charge is -2.24. The normalized spacial score (nSPS) is 12.8. The fraction of sp³-hybridized carbons (Fsp3) is 0.615. The van der Waals surface area contributed by atoms with E-state index in [9.17, 15) is 4.79 Å². The Kier molecular flexibility index (Phi) is 5.15. The van der Waals surface area contributed by atoms with Gasteiger partial charge in [-0.1, -0.05) is 0 Å². The molecule has 1 amide bonds. The highest BCUT2D eigenvalue weighted by molar-refractivity contribution is 7.12. The first-order valence-corrected chi connectivity index (χ1v) is 6.67. The minimum atomic E-state index is 0.0252. The van der Waals surface area contributed by atoms with Crippen LogP contribution in [0.4, 0.5) is 0 Å². The average molecular weight is 255 g/mol. The van der Waals surface area contributed by atoms with Crippen molar-refractivity contribution in [1.82, 2.24) is 4.90 Å². The van der Waals surface area contributed by atoms with Crippen molar-refractivity contribution < 1.29 is 9.53 Å². The zero-order valence-corrected chi connectivity index (χ0v) is 12.0. The van der Waals surface area contributed by atoms with Gasteiger partial charge < -0.3 is 9.64 Å². The maximum Gasteiger partial charge on any atom is 0.248 e. The second-order valence-electron chi connectivity index (χ2n) is 4.49. The third-order valence-electron chi connectivity index (χ3n) is 2.69. The third kappa shape index (κ3) is 4.13. The number of hydrogen-bond donors (Lipinski definition) is 0. The van der Waals surface area contributed by atoms with Gasteiger partial charge >= 0.3 is 0 Å². The Balaban J connectivity index is 2.57. The van der Waals surface area contributed by atoms with Crippen molar-refractivity contribution in [3.63, 3.8) is 0 Å². The molecule has 1 aromatic rings. The first-order chi connectivity index (χ1) is 7.91. The van der Waals surface area contributed by atoms with Crippen molar-refractivity contribution in [2.45, 2.75) is 39.8 Å². The number of ether oxygens (including phenoxy) is 1. The van der Waals surface area contributed by atoms with Crippen LogP contribution in [0.15, 0.2) is 12.1 Å². The molecule has 1 heterocycles. The summed E-state index contributed by atoms with van der Waals surface area (Å²) >= 11 is 1.73. The van der Waals surface area contributed by atoms with Gasteiger partial charge in [-0.15, -0.1) is 11.3 Å². The van der Waals surface area contributed by atoms with Gasteiger partial charge in [0, 0.05) is 16.8 Å². The molecule has 1 aromatic heterocycles. The SMILES string of the molecule is Cc1ccc(C(C)N(C)C(=O)COC(C)C)s1. The van der Waals surface area contributed by atoms with Crippen LogP contribution in [0.25, 0.3) is 0 Å². The Labute approximate surface area is 107 Å². The number of aryl methyl sites for hydroxylation is 1. The van der Waals surface area contributed by atoms with E-state index in [2.05, 4.69) is 19.1 Å². The Morgan fingerprint density at radius 3 is 2.53 bits per heavy atom. The highest BCUT2D eigenvalue weighted by atomic mass is 32.1. The summed E-state index contributed by atoms with van der Waals surface area (Å²) in [6.45, 7) is 8.13. The van der Waals surface area contributed by atoms with E-state index >= 15 is 0 Å². The first kappa shape index (κ1) is 14.2. The monoisotopic (exact) mass is 255 g/mol. The van der Waals surface area contributed by atoms with E-state index in [1.807, 2.05) is 27.8 Å². The molecule has 0 radical (unpaired) electrons. The van der Waals surface area contributed by atoms with Crippen LogP contribution >= 0.6 is 11.3 Å². The lowest BCUT2D eigenvalue weighted by molar-refractivity contribution is -0.138. The van der Waals surface area contributed by atoms with Gasteiger partial charge in [-0.25, -0.2) is 0 Å². The second kappa shape index (κ2) is 6.17. The molecule has 0 aliphatic carbocycles.